The van der Waals surface area contributed by atoms with Gasteiger partial charge in [0, 0.05) is 6.54 Å². The van der Waals surface area contributed by atoms with Gasteiger partial charge in [-0.15, -0.1) is 5.10 Å². The summed E-state index contributed by atoms with van der Waals surface area (Å²) in [5, 5.41) is 11.4. The average Bonchev–Trinajstić information content (AvgIpc) is 2.76. The van der Waals surface area contributed by atoms with Gasteiger partial charge in [0.25, 0.3) is 0 Å². The number of aromatic nitrogens is 3. The number of nitrogens with one attached hydrogen (secondary N) is 1. The van der Waals surface area contributed by atoms with Crippen LogP contribution in [0.1, 0.15) is 12.6 Å². The van der Waals surface area contributed by atoms with E-state index >= 15 is 0 Å². The second-order valence-corrected chi connectivity index (χ2v) is 3.27. The van der Waals surface area contributed by atoms with Crippen LogP contribution in [0.25, 0.3) is 5.69 Å². The summed E-state index contributed by atoms with van der Waals surface area (Å²) in [4.78, 5) is 0. The van der Waals surface area contributed by atoms with Gasteiger partial charge in [0.15, 0.2) is 0 Å². The number of benzene rings is 1. The van der Waals surface area contributed by atoms with Gasteiger partial charge >= 0.3 is 0 Å². The molecule has 0 amide bonds. The molecule has 4 nitrogen and oxygen atoms in total. The van der Waals surface area contributed by atoms with E-state index in [9.17, 15) is 0 Å². The molecule has 1 N–H and O–H groups in total. The maximum atomic E-state index is 4.08. The lowest BCUT2D eigenvalue weighted by Crippen LogP contribution is -2.11. The van der Waals surface area contributed by atoms with E-state index in [0.717, 1.165) is 24.5 Å². The first kappa shape index (κ1) is 9.86. The van der Waals surface area contributed by atoms with Crippen LogP contribution in [0, 0.1) is 0 Å². The summed E-state index contributed by atoms with van der Waals surface area (Å²) in [5.74, 6) is 0. The molecule has 0 saturated heterocycles. The Balaban J connectivity index is 2.14. The molecule has 0 radical (unpaired) electrons. The lowest BCUT2D eigenvalue weighted by molar-refractivity contribution is 0.705. The zero-order valence-corrected chi connectivity index (χ0v) is 8.72. The molecule has 2 rings (SSSR count). The van der Waals surface area contributed by atoms with Crippen molar-refractivity contribution in [3.8, 4) is 5.69 Å². The monoisotopic (exact) mass is 202 g/mol. The summed E-state index contributed by atoms with van der Waals surface area (Å²) < 4.78 is 1.78. The van der Waals surface area contributed by atoms with Crippen molar-refractivity contribution in [2.45, 2.75) is 13.5 Å². The Labute approximate surface area is 88.9 Å². The van der Waals surface area contributed by atoms with E-state index in [4.69, 9.17) is 0 Å². The van der Waals surface area contributed by atoms with Crippen LogP contribution in [0.2, 0.25) is 0 Å². The molecule has 1 aromatic carbocycles. The molecule has 1 aromatic heterocycles. The average molecular weight is 202 g/mol. The standard InChI is InChI=1S/C11H14N4/c1-2-12-8-10-9-15(14-13-10)11-6-4-3-5-7-11/h3-7,9,12H,2,8H2,1H3. The molecule has 0 aliphatic carbocycles. The Morgan fingerprint density at radius 3 is 2.80 bits per heavy atom. The lowest BCUT2D eigenvalue weighted by atomic mass is 10.3. The predicted molar refractivity (Wildman–Crippen MR) is 58.7 cm³/mol. The third-order valence-electron chi connectivity index (χ3n) is 2.12. The van der Waals surface area contributed by atoms with E-state index in [2.05, 4.69) is 22.6 Å². The van der Waals surface area contributed by atoms with Crippen molar-refractivity contribution < 1.29 is 0 Å². The number of hydrogen-bond acceptors (Lipinski definition) is 3. The number of rotatable bonds is 4. The molecule has 15 heavy (non-hydrogen) atoms. The molecule has 0 saturated carbocycles. The fourth-order valence-corrected chi connectivity index (χ4v) is 1.34. The summed E-state index contributed by atoms with van der Waals surface area (Å²) in [5.41, 5.74) is 1.99. The van der Waals surface area contributed by atoms with Gasteiger partial charge in [-0.1, -0.05) is 30.3 Å². The molecule has 0 unspecified atom stereocenters. The molecule has 0 aliphatic rings. The zero-order chi connectivity index (χ0) is 10.5. The smallest absolute Gasteiger partial charge is 0.0969 e. The van der Waals surface area contributed by atoms with E-state index < -0.39 is 0 Å². The van der Waals surface area contributed by atoms with Gasteiger partial charge in [0.2, 0.25) is 0 Å². The summed E-state index contributed by atoms with van der Waals surface area (Å²) >= 11 is 0. The molecule has 78 valence electrons. The normalized spacial score (nSPS) is 10.5. The third-order valence-corrected chi connectivity index (χ3v) is 2.12. The quantitative estimate of drug-likeness (QED) is 0.814. The van der Waals surface area contributed by atoms with Crippen LogP contribution in [0.15, 0.2) is 36.5 Å². The van der Waals surface area contributed by atoms with Gasteiger partial charge in [-0.2, -0.15) is 0 Å². The second kappa shape index (κ2) is 4.70. The Hall–Kier alpha value is -1.68. The summed E-state index contributed by atoms with van der Waals surface area (Å²) in [7, 11) is 0. The Morgan fingerprint density at radius 1 is 1.27 bits per heavy atom. The van der Waals surface area contributed by atoms with E-state index in [1.807, 2.05) is 36.5 Å². The van der Waals surface area contributed by atoms with Crippen molar-refractivity contribution in [1.82, 2.24) is 20.3 Å². The molecule has 0 fully saturated rings. The molecular weight excluding hydrogens is 188 g/mol. The highest BCUT2D eigenvalue weighted by Crippen LogP contribution is 2.05. The SMILES string of the molecule is CCNCc1cn(-c2ccccc2)nn1. The van der Waals surface area contributed by atoms with Crippen LogP contribution in [-0.2, 0) is 6.54 Å². The van der Waals surface area contributed by atoms with Crippen molar-refractivity contribution in [2.75, 3.05) is 6.54 Å². The van der Waals surface area contributed by atoms with Gasteiger partial charge in [0.1, 0.15) is 0 Å². The Morgan fingerprint density at radius 2 is 2.07 bits per heavy atom. The molecule has 2 aromatic rings. The first-order chi connectivity index (χ1) is 7.40. The van der Waals surface area contributed by atoms with Crippen LogP contribution >= 0.6 is 0 Å². The topological polar surface area (TPSA) is 42.7 Å². The first-order valence-electron chi connectivity index (χ1n) is 5.07. The fourth-order valence-electron chi connectivity index (χ4n) is 1.34. The second-order valence-electron chi connectivity index (χ2n) is 3.27. The molecule has 0 aliphatic heterocycles. The fraction of sp³-hybridized carbons (Fsp3) is 0.273. The van der Waals surface area contributed by atoms with Crippen LogP contribution in [0.3, 0.4) is 0 Å². The molecule has 0 atom stereocenters. The van der Waals surface area contributed by atoms with Crippen LogP contribution in [-0.4, -0.2) is 21.5 Å². The molecule has 1 heterocycles. The van der Waals surface area contributed by atoms with Crippen molar-refractivity contribution in [2.24, 2.45) is 0 Å². The first-order valence-corrected chi connectivity index (χ1v) is 5.07. The Bertz CT molecular complexity index is 408. The minimum absolute atomic E-state index is 0.767. The number of hydrogen-bond donors (Lipinski definition) is 1. The van der Waals surface area contributed by atoms with E-state index in [1.165, 1.54) is 0 Å². The van der Waals surface area contributed by atoms with Crippen LogP contribution in [0.4, 0.5) is 0 Å². The molecule has 0 bridgehead atoms. The maximum absolute atomic E-state index is 4.08. The summed E-state index contributed by atoms with van der Waals surface area (Å²) in [6.45, 7) is 3.78. The van der Waals surface area contributed by atoms with Crippen molar-refractivity contribution in [3.63, 3.8) is 0 Å². The van der Waals surface area contributed by atoms with Crippen molar-refractivity contribution in [3.05, 3.63) is 42.2 Å². The van der Waals surface area contributed by atoms with Gasteiger partial charge in [-0.3, -0.25) is 0 Å². The van der Waals surface area contributed by atoms with Gasteiger partial charge in [-0.25, -0.2) is 4.68 Å². The predicted octanol–water partition coefficient (Wildman–Crippen LogP) is 1.38. The Kier molecular flexibility index (Phi) is 3.09. The minimum Gasteiger partial charge on any atom is -0.311 e. The van der Waals surface area contributed by atoms with Gasteiger partial charge < -0.3 is 5.32 Å². The highest BCUT2D eigenvalue weighted by atomic mass is 15.4. The maximum Gasteiger partial charge on any atom is 0.0969 e. The molecule has 0 spiro atoms. The highest BCUT2D eigenvalue weighted by Gasteiger charge is 2.00. The number of nitrogens with zero attached hydrogens (tertiary/aromatic N) is 3. The van der Waals surface area contributed by atoms with Crippen molar-refractivity contribution in [1.29, 1.82) is 0 Å². The van der Waals surface area contributed by atoms with Crippen LogP contribution < -0.4 is 5.32 Å². The van der Waals surface area contributed by atoms with E-state index in [0.29, 0.717) is 0 Å². The summed E-state index contributed by atoms with van der Waals surface area (Å²) in [6, 6.07) is 9.97. The lowest BCUT2D eigenvalue weighted by Gasteiger charge is -1.97. The zero-order valence-electron chi connectivity index (χ0n) is 8.72. The van der Waals surface area contributed by atoms with Crippen molar-refractivity contribution >= 4 is 0 Å². The minimum atomic E-state index is 0.767. The van der Waals surface area contributed by atoms with Gasteiger partial charge in [-0.05, 0) is 18.7 Å². The highest BCUT2D eigenvalue weighted by molar-refractivity contribution is 5.29. The van der Waals surface area contributed by atoms with E-state index in [-0.39, 0.29) is 0 Å². The molecule has 4 heteroatoms. The third kappa shape index (κ3) is 2.41. The largest absolute Gasteiger partial charge is 0.311 e. The summed E-state index contributed by atoms with van der Waals surface area (Å²) in [6.07, 6.45) is 1.94. The molecular formula is C11H14N4. The van der Waals surface area contributed by atoms with Gasteiger partial charge in [0.05, 0.1) is 17.6 Å². The number of para-hydroxylation sites is 1. The van der Waals surface area contributed by atoms with E-state index in [1.54, 1.807) is 4.68 Å². The van der Waals surface area contributed by atoms with Crippen LogP contribution in [0.5, 0.6) is 0 Å².